The quantitative estimate of drug-likeness (QED) is 0.362. The second-order valence-electron chi connectivity index (χ2n) is 7.19. The van der Waals surface area contributed by atoms with Crippen LogP contribution >= 0.6 is 35.4 Å². The minimum Gasteiger partial charge on any atom is -0.495 e. The summed E-state index contributed by atoms with van der Waals surface area (Å²) in [5.74, 6) is 1.18. The fourth-order valence-electron chi connectivity index (χ4n) is 3.43. The van der Waals surface area contributed by atoms with Crippen LogP contribution in [0.3, 0.4) is 0 Å². The SMILES string of the molecule is COc1cc2oc(=S)[nH]c2cc1Cl.COc1cc2oc(N3CCNC[C@@H]3C)nc2cc1Cl. The highest BCUT2D eigenvalue weighted by atomic mass is 35.5. The third-order valence-corrected chi connectivity index (χ3v) is 5.87. The van der Waals surface area contributed by atoms with E-state index in [1.165, 1.54) is 0 Å². The molecule has 1 atom stereocenters. The number of hydrogen-bond donors (Lipinski definition) is 2. The average molecular weight is 497 g/mol. The van der Waals surface area contributed by atoms with Gasteiger partial charge in [0.15, 0.2) is 11.2 Å². The molecule has 3 heterocycles. The van der Waals surface area contributed by atoms with E-state index in [1.54, 1.807) is 38.5 Å². The minimum atomic E-state index is 0.333. The molecule has 1 fully saturated rings. The number of H-pyrrole nitrogens is 1. The van der Waals surface area contributed by atoms with Crippen molar-refractivity contribution >= 4 is 63.6 Å². The van der Waals surface area contributed by atoms with E-state index in [-0.39, 0.29) is 0 Å². The smallest absolute Gasteiger partial charge is 0.298 e. The summed E-state index contributed by atoms with van der Waals surface area (Å²) < 4.78 is 21.2. The van der Waals surface area contributed by atoms with Gasteiger partial charge in [-0.2, -0.15) is 4.98 Å². The van der Waals surface area contributed by atoms with Crippen LogP contribution < -0.4 is 19.7 Å². The molecule has 1 aliphatic rings. The maximum atomic E-state index is 6.10. The van der Waals surface area contributed by atoms with E-state index < -0.39 is 0 Å². The number of hydrogen-bond acceptors (Lipinski definition) is 8. The first-order valence-electron chi connectivity index (χ1n) is 9.87. The Labute approximate surface area is 199 Å². The van der Waals surface area contributed by atoms with Gasteiger partial charge in [-0.05, 0) is 31.3 Å². The van der Waals surface area contributed by atoms with Crippen LogP contribution in [-0.4, -0.2) is 49.9 Å². The standard InChI is InChI=1S/C13H16ClN3O2.C8H6ClNO2S/c1-8-7-15-3-4-17(8)13-16-10-5-9(14)11(18-2)6-12(10)19-13;1-11-6-3-7-5(2-4(6)9)10-8(13)12-7/h5-6,8,15H,3-4,7H2,1-2H3;2-3H,1H3,(H,10,13)/t8-;/m0./s1. The van der Waals surface area contributed by atoms with E-state index >= 15 is 0 Å². The first-order chi connectivity index (χ1) is 15.4. The Hall–Kier alpha value is -2.46. The number of halogens is 2. The molecule has 5 rings (SSSR count). The molecule has 11 heteroatoms. The molecule has 0 spiro atoms. The summed E-state index contributed by atoms with van der Waals surface area (Å²) in [5.41, 5.74) is 2.87. The maximum Gasteiger partial charge on any atom is 0.298 e. The predicted molar refractivity (Wildman–Crippen MR) is 128 cm³/mol. The molecule has 1 saturated heterocycles. The third-order valence-electron chi connectivity index (χ3n) is 5.09. The lowest BCUT2D eigenvalue weighted by Crippen LogP contribution is -2.50. The molecule has 2 N–H and O–H groups in total. The molecule has 1 aliphatic heterocycles. The second kappa shape index (κ2) is 9.58. The zero-order valence-electron chi connectivity index (χ0n) is 17.7. The Bertz CT molecular complexity index is 1300. The predicted octanol–water partition coefficient (Wildman–Crippen LogP) is 5.44. The molecule has 0 aliphatic carbocycles. The number of piperazine rings is 1. The number of anilines is 1. The van der Waals surface area contributed by atoms with E-state index in [0.717, 1.165) is 30.7 Å². The molecule has 8 nitrogen and oxygen atoms in total. The Balaban J connectivity index is 0.000000165. The van der Waals surface area contributed by atoms with Crippen molar-refractivity contribution < 1.29 is 18.3 Å². The number of aromatic nitrogens is 2. The highest BCUT2D eigenvalue weighted by Crippen LogP contribution is 2.32. The van der Waals surface area contributed by atoms with Crippen LogP contribution in [-0.2, 0) is 0 Å². The molecule has 0 unspecified atom stereocenters. The normalized spacial score (nSPS) is 16.2. The van der Waals surface area contributed by atoms with Gasteiger partial charge < -0.3 is 33.5 Å². The van der Waals surface area contributed by atoms with Crippen LogP contribution in [0.4, 0.5) is 6.01 Å². The van der Waals surface area contributed by atoms with Crippen molar-refractivity contribution in [3.05, 3.63) is 39.1 Å². The number of methoxy groups -OCH3 is 2. The van der Waals surface area contributed by atoms with Gasteiger partial charge in [0.05, 0.1) is 29.8 Å². The van der Waals surface area contributed by atoms with Gasteiger partial charge in [0, 0.05) is 37.8 Å². The number of fused-ring (bicyclic) bond motifs is 2. The lowest BCUT2D eigenvalue weighted by Gasteiger charge is -2.32. The van der Waals surface area contributed by atoms with Gasteiger partial charge >= 0.3 is 0 Å². The Morgan fingerprint density at radius 3 is 2.44 bits per heavy atom. The largest absolute Gasteiger partial charge is 0.495 e. The van der Waals surface area contributed by atoms with Gasteiger partial charge in [-0.1, -0.05) is 23.2 Å². The summed E-state index contributed by atoms with van der Waals surface area (Å²) >= 11 is 16.8. The molecule has 32 heavy (non-hydrogen) atoms. The highest BCUT2D eigenvalue weighted by Gasteiger charge is 2.23. The fourth-order valence-corrected chi connectivity index (χ4v) is 4.11. The van der Waals surface area contributed by atoms with E-state index in [9.17, 15) is 0 Å². The third kappa shape index (κ3) is 4.66. The van der Waals surface area contributed by atoms with Crippen LogP contribution in [0.1, 0.15) is 6.92 Å². The van der Waals surface area contributed by atoms with Gasteiger partial charge in [-0.3, -0.25) is 0 Å². The van der Waals surface area contributed by atoms with E-state index in [4.69, 9.17) is 53.7 Å². The molecule has 4 aromatic rings. The van der Waals surface area contributed by atoms with Crippen LogP contribution in [0.15, 0.2) is 33.1 Å². The van der Waals surface area contributed by atoms with Gasteiger partial charge in [0.1, 0.15) is 17.0 Å². The van der Waals surface area contributed by atoms with Crippen LogP contribution in [0, 0.1) is 4.84 Å². The zero-order chi connectivity index (χ0) is 22.8. The Morgan fingerprint density at radius 2 is 1.75 bits per heavy atom. The van der Waals surface area contributed by atoms with Crippen molar-refractivity contribution in [2.45, 2.75) is 13.0 Å². The molecule has 0 radical (unpaired) electrons. The number of benzene rings is 2. The summed E-state index contributed by atoms with van der Waals surface area (Å²) in [6, 6.07) is 7.97. The van der Waals surface area contributed by atoms with Crippen molar-refractivity contribution in [1.82, 2.24) is 15.3 Å². The molecule has 2 aromatic heterocycles. The summed E-state index contributed by atoms with van der Waals surface area (Å²) in [4.78, 5) is 9.87. The summed E-state index contributed by atoms with van der Waals surface area (Å²) in [6.07, 6.45) is 0. The number of ether oxygens (including phenoxy) is 2. The molecule has 2 aromatic carbocycles. The lowest BCUT2D eigenvalue weighted by atomic mass is 10.2. The van der Waals surface area contributed by atoms with Crippen molar-refractivity contribution in [2.75, 3.05) is 38.8 Å². The van der Waals surface area contributed by atoms with E-state index in [1.807, 2.05) is 0 Å². The fraction of sp³-hybridized carbons (Fsp3) is 0.333. The van der Waals surface area contributed by atoms with Crippen LogP contribution in [0.2, 0.25) is 10.0 Å². The van der Waals surface area contributed by atoms with E-state index in [2.05, 4.69) is 27.1 Å². The molecular weight excluding hydrogens is 475 g/mol. The minimum absolute atomic E-state index is 0.333. The van der Waals surface area contributed by atoms with Crippen molar-refractivity contribution in [1.29, 1.82) is 0 Å². The zero-order valence-corrected chi connectivity index (χ0v) is 20.0. The van der Waals surface area contributed by atoms with E-state index in [0.29, 0.717) is 49.6 Å². The monoisotopic (exact) mass is 496 g/mol. The molecule has 170 valence electrons. The average Bonchev–Trinajstić information content (AvgIpc) is 3.34. The number of aromatic amines is 1. The second-order valence-corrected chi connectivity index (χ2v) is 8.38. The summed E-state index contributed by atoms with van der Waals surface area (Å²) in [5, 5.41) is 4.42. The lowest BCUT2D eigenvalue weighted by molar-refractivity contribution is 0.414. The van der Waals surface area contributed by atoms with Crippen molar-refractivity contribution in [3.63, 3.8) is 0 Å². The summed E-state index contributed by atoms with van der Waals surface area (Å²) in [6.45, 7) is 4.91. The molecular formula is C21H22Cl2N4O4S. The van der Waals surface area contributed by atoms with Crippen molar-refractivity contribution in [2.24, 2.45) is 0 Å². The Morgan fingerprint density at radius 1 is 1.06 bits per heavy atom. The van der Waals surface area contributed by atoms with Crippen molar-refractivity contribution in [3.8, 4) is 11.5 Å². The van der Waals surface area contributed by atoms with Crippen LogP contribution in [0.5, 0.6) is 11.5 Å². The number of rotatable bonds is 3. The number of nitrogens with one attached hydrogen (secondary N) is 2. The first kappa shape index (κ1) is 22.7. The highest BCUT2D eigenvalue weighted by molar-refractivity contribution is 7.71. The number of oxazole rings is 2. The molecule has 0 saturated carbocycles. The van der Waals surface area contributed by atoms with Gasteiger partial charge in [0.25, 0.3) is 10.9 Å². The molecule has 0 bridgehead atoms. The maximum absolute atomic E-state index is 6.10. The van der Waals surface area contributed by atoms with Gasteiger partial charge in [-0.15, -0.1) is 0 Å². The van der Waals surface area contributed by atoms with Crippen LogP contribution in [0.25, 0.3) is 22.2 Å². The molecule has 0 amide bonds. The van der Waals surface area contributed by atoms with Gasteiger partial charge in [-0.25, -0.2) is 0 Å². The van der Waals surface area contributed by atoms with Gasteiger partial charge in [0.2, 0.25) is 0 Å². The first-order valence-corrected chi connectivity index (χ1v) is 11.0. The summed E-state index contributed by atoms with van der Waals surface area (Å²) in [7, 11) is 3.14. The topological polar surface area (TPSA) is 88.7 Å². The Kier molecular flexibility index (Phi) is 6.80. The number of nitrogens with zero attached hydrogens (tertiary/aromatic N) is 2.